The summed E-state index contributed by atoms with van der Waals surface area (Å²) in [4.78, 5) is 0. The smallest absolute Gasteiger partial charge is 0.0403 e. The minimum absolute atomic E-state index is 0.131. The average Bonchev–Trinajstić information content (AvgIpc) is 2.00. The molecule has 0 rings (SSSR count). The highest BCUT2D eigenvalue weighted by molar-refractivity contribution is 6.18. The molecule has 0 saturated heterocycles. The molecule has 0 aromatic carbocycles. The maximum absolute atomic E-state index is 5.83. The van der Waals surface area contributed by atoms with E-state index in [1.807, 2.05) is 0 Å². The summed E-state index contributed by atoms with van der Waals surface area (Å²) < 4.78 is 0. The van der Waals surface area contributed by atoms with Crippen LogP contribution < -0.4 is 5.32 Å². The lowest BCUT2D eigenvalue weighted by molar-refractivity contribution is 0.358. The van der Waals surface area contributed by atoms with Crippen molar-refractivity contribution in [2.45, 2.75) is 39.7 Å². The standard InChI is InChI=1S/C9H20ClN/c1-5-9(4,7-10)11-6-8(2)3/h8,11H,5-7H2,1-4H3. The number of nitrogens with one attached hydrogen (secondary N) is 1. The van der Waals surface area contributed by atoms with Crippen molar-refractivity contribution in [1.82, 2.24) is 5.32 Å². The molecule has 0 radical (unpaired) electrons. The molecule has 0 heterocycles. The van der Waals surface area contributed by atoms with E-state index in [0.29, 0.717) is 11.8 Å². The quantitative estimate of drug-likeness (QED) is 0.637. The lowest BCUT2D eigenvalue weighted by atomic mass is 10.0. The normalized spacial score (nSPS) is 16.9. The van der Waals surface area contributed by atoms with Crippen LogP contribution in [-0.2, 0) is 0 Å². The molecule has 0 aliphatic heterocycles. The van der Waals surface area contributed by atoms with E-state index in [2.05, 4.69) is 33.0 Å². The Morgan fingerprint density at radius 2 is 2.00 bits per heavy atom. The van der Waals surface area contributed by atoms with E-state index in [1.54, 1.807) is 0 Å². The third-order valence-electron chi connectivity index (χ3n) is 2.01. The van der Waals surface area contributed by atoms with Crippen LogP contribution in [0.1, 0.15) is 34.1 Å². The van der Waals surface area contributed by atoms with E-state index in [-0.39, 0.29) is 5.54 Å². The van der Waals surface area contributed by atoms with Crippen LogP contribution in [0.25, 0.3) is 0 Å². The summed E-state index contributed by atoms with van der Waals surface area (Å²) >= 11 is 5.83. The Morgan fingerprint density at radius 3 is 2.27 bits per heavy atom. The van der Waals surface area contributed by atoms with Crippen LogP contribution in [0, 0.1) is 5.92 Å². The second-order valence-corrected chi connectivity index (χ2v) is 4.09. The summed E-state index contributed by atoms with van der Waals surface area (Å²) in [6, 6.07) is 0. The summed E-state index contributed by atoms with van der Waals surface area (Å²) in [6.45, 7) is 9.80. The predicted molar refractivity (Wildman–Crippen MR) is 52.3 cm³/mol. The second-order valence-electron chi connectivity index (χ2n) is 3.82. The summed E-state index contributed by atoms with van der Waals surface area (Å²) in [6.07, 6.45) is 1.09. The van der Waals surface area contributed by atoms with Crippen molar-refractivity contribution in [2.24, 2.45) is 5.92 Å². The third kappa shape index (κ3) is 4.65. The molecular weight excluding hydrogens is 158 g/mol. The van der Waals surface area contributed by atoms with Crippen molar-refractivity contribution >= 4 is 11.6 Å². The largest absolute Gasteiger partial charge is 0.310 e. The van der Waals surface area contributed by atoms with Gasteiger partial charge in [-0.15, -0.1) is 11.6 Å². The Morgan fingerprint density at radius 1 is 1.45 bits per heavy atom. The maximum Gasteiger partial charge on any atom is 0.0403 e. The van der Waals surface area contributed by atoms with Gasteiger partial charge in [0.1, 0.15) is 0 Å². The number of hydrogen-bond acceptors (Lipinski definition) is 1. The maximum atomic E-state index is 5.83. The molecule has 0 saturated carbocycles. The van der Waals surface area contributed by atoms with E-state index >= 15 is 0 Å². The van der Waals surface area contributed by atoms with Crippen molar-refractivity contribution in [3.63, 3.8) is 0 Å². The highest BCUT2D eigenvalue weighted by Crippen LogP contribution is 2.11. The molecule has 0 bridgehead atoms. The van der Waals surface area contributed by atoms with Crippen molar-refractivity contribution in [3.8, 4) is 0 Å². The molecule has 0 aromatic heterocycles. The Bertz CT molecular complexity index is 97.7. The molecule has 0 fully saturated rings. The fourth-order valence-corrected chi connectivity index (χ4v) is 1.00. The van der Waals surface area contributed by atoms with Gasteiger partial charge >= 0.3 is 0 Å². The Balaban J connectivity index is 3.69. The number of rotatable bonds is 5. The molecule has 0 aliphatic carbocycles. The van der Waals surface area contributed by atoms with Gasteiger partial charge in [-0.2, -0.15) is 0 Å². The first-order valence-corrected chi connectivity index (χ1v) is 4.88. The number of alkyl halides is 1. The van der Waals surface area contributed by atoms with Crippen LogP contribution in [0.4, 0.5) is 0 Å². The van der Waals surface area contributed by atoms with Gasteiger partial charge in [-0.25, -0.2) is 0 Å². The van der Waals surface area contributed by atoms with Crippen molar-refractivity contribution < 1.29 is 0 Å². The van der Waals surface area contributed by atoms with E-state index in [9.17, 15) is 0 Å². The molecule has 1 atom stereocenters. The van der Waals surface area contributed by atoms with Crippen LogP contribution in [0.2, 0.25) is 0 Å². The Kier molecular flexibility index (Phi) is 5.11. The van der Waals surface area contributed by atoms with Crippen LogP contribution >= 0.6 is 11.6 Å². The summed E-state index contributed by atoms with van der Waals surface area (Å²) in [5.74, 6) is 1.39. The van der Waals surface area contributed by atoms with E-state index in [1.165, 1.54) is 0 Å². The molecule has 2 heteroatoms. The fraction of sp³-hybridized carbons (Fsp3) is 1.00. The lowest BCUT2D eigenvalue weighted by Gasteiger charge is -2.28. The minimum Gasteiger partial charge on any atom is -0.310 e. The molecule has 1 N–H and O–H groups in total. The van der Waals surface area contributed by atoms with Gasteiger partial charge in [-0.3, -0.25) is 0 Å². The zero-order valence-corrected chi connectivity index (χ0v) is 8.83. The van der Waals surface area contributed by atoms with Crippen LogP contribution in [0.5, 0.6) is 0 Å². The van der Waals surface area contributed by atoms with Gasteiger partial charge in [-0.05, 0) is 25.8 Å². The monoisotopic (exact) mass is 177 g/mol. The van der Waals surface area contributed by atoms with Crippen LogP contribution in [0.3, 0.4) is 0 Å². The molecule has 1 nitrogen and oxygen atoms in total. The minimum atomic E-state index is 0.131. The van der Waals surface area contributed by atoms with Gasteiger partial charge in [0, 0.05) is 11.4 Å². The molecule has 11 heavy (non-hydrogen) atoms. The average molecular weight is 178 g/mol. The van der Waals surface area contributed by atoms with Gasteiger partial charge in [0.25, 0.3) is 0 Å². The fourth-order valence-electron chi connectivity index (χ4n) is 0.717. The second kappa shape index (κ2) is 5.00. The lowest BCUT2D eigenvalue weighted by Crippen LogP contribution is -2.45. The van der Waals surface area contributed by atoms with E-state index < -0.39 is 0 Å². The van der Waals surface area contributed by atoms with Crippen LogP contribution in [-0.4, -0.2) is 18.0 Å². The predicted octanol–water partition coefficient (Wildman–Crippen LogP) is 2.64. The molecule has 68 valence electrons. The first-order chi connectivity index (χ1) is 5.04. The highest BCUT2D eigenvalue weighted by atomic mass is 35.5. The van der Waals surface area contributed by atoms with Gasteiger partial charge in [0.2, 0.25) is 0 Å². The first-order valence-electron chi connectivity index (χ1n) is 4.35. The van der Waals surface area contributed by atoms with Gasteiger partial charge in [0.15, 0.2) is 0 Å². The third-order valence-corrected chi connectivity index (χ3v) is 2.60. The summed E-state index contributed by atoms with van der Waals surface area (Å²) in [5, 5.41) is 3.46. The Labute approximate surface area is 75.5 Å². The summed E-state index contributed by atoms with van der Waals surface area (Å²) in [5.41, 5.74) is 0.131. The van der Waals surface area contributed by atoms with Gasteiger partial charge in [0.05, 0.1) is 0 Å². The topological polar surface area (TPSA) is 12.0 Å². The van der Waals surface area contributed by atoms with E-state index in [0.717, 1.165) is 13.0 Å². The number of halogens is 1. The first kappa shape index (κ1) is 11.2. The molecule has 1 unspecified atom stereocenters. The number of hydrogen-bond donors (Lipinski definition) is 1. The van der Waals surface area contributed by atoms with Crippen molar-refractivity contribution in [1.29, 1.82) is 0 Å². The van der Waals surface area contributed by atoms with Crippen LogP contribution in [0.15, 0.2) is 0 Å². The Hall–Kier alpha value is 0.250. The van der Waals surface area contributed by atoms with Crippen molar-refractivity contribution in [2.75, 3.05) is 12.4 Å². The molecule has 0 aromatic rings. The summed E-state index contributed by atoms with van der Waals surface area (Å²) in [7, 11) is 0. The molecular formula is C9H20ClN. The zero-order chi connectivity index (χ0) is 8.91. The molecule has 0 spiro atoms. The van der Waals surface area contributed by atoms with E-state index in [4.69, 9.17) is 11.6 Å². The van der Waals surface area contributed by atoms with Gasteiger partial charge in [-0.1, -0.05) is 20.8 Å². The SMILES string of the molecule is CCC(C)(CCl)NCC(C)C. The molecule has 0 aliphatic rings. The van der Waals surface area contributed by atoms with Crippen molar-refractivity contribution in [3.05, 3.63) is 0 Å². The molecule has 0 amide bonds. The highest BCUT2D eigenvalue weighted by Gasteiger charge is 2.19. The van der Waals surface area contributed by atoms with Gasteiger partial charge < -0.3 is 5.32 Å². The zero-order valence-electron chi connectivity index (χ0n) is 8.08.